The average Bonchev–Trinajstić information content (AvgIpc) is 2.37. The molecule has 0 atom stereocenters. The van der Waals surface area contributed by atoms with E-state index in [1.165, 1.54) is 12.1 Å². The number of anilines is 1. The van der Waals surface area contributed by atoms with Crippen LogP contribution in [-0.2, 0) is 0 Å². The molecular weight excluding hydrogens is 261 g/mol. The van der Waals surface area contributed by atoms with Gasteiger partial charge in [-0.1, -0.05) is 0 Å². The summed E-state index contributed by atoms with van der Waals surface area (Å²) in [4.78, 5) is 14.8. The van der Waals surface area contributed by atoms with Crippen LogP contribution in [0.15, 0.2) is 18.2 Å². The molecule has 6 heteroatoms. The number of nitro groups is 1. The number of halogens is 1. The van der Waals surface area contributed by atoms with Crippen LogP contribution >= 0.6 is 0 Å². The predicted molar refractivity (Wildman–Crippen MR) is 76.6 cm³/mol. The van der Waals surface area contributed by atoms with E-state index in [0.717, 1.165) is 19.2 Å². The smallest absolute Gasteiger partial charge is 0.292 e. The lowest BCUT2D eigenvalue weighted by atomic mass is 10.0. The highest BCUT2D eigenvalue weighted by molar-refractivity contribution is 5.63. The van der Waals surface area contributed by atoms with E-state index in [1.54, 1.807) is 0 Å². The van der Waals surface area contributed by atoms with Crippen molar-refractivity contribution in [1.29, 1.82) is 0 Å². The summed E-state index contributed by atoms with van der Waals surface area (Å²) < 4.78 is 13.4. The van der Waals surface area contributed by atoms with Crippen LogP contribution in [-0.4, -0.2) is 41.5 Å². The lowest BCUT2D eigenvalue weighted by Crippen LogP contribution is -2.53. The van der Waals surface area contributed by atoms with E-state index in [4.69, 9.17) is 0 Å². The Kier molecular flexibility index (Phi) is 3.94. The lowest BCUT2D eigenvalue weighted by Gasteiger charge is -2.42. The number of rotatable bonds is 2. The second kappa shape index (κ2) is 5.36. The van der Waals surface area contributed by atoms with Crippen molar-refractivity contribution in [3.05, 3.63) is 34.1 Å². The third-order valence-electron chi connectivity index (χ3n) is 3.70. The van der Waals surface area contributed by atoms with E-state index in [1.807, 2.05) is 4.90 Å². The SMILES string of the molecule is CC(C)(C)N1CCN(c2cc(F)ccc2[N+](=O)[O-])CC1. The molecule has 0 aromatic heterocycles. The van der Waals surface area contributed by atoms with Gasteiger partial charge in [0.05, 0.1) is 4.92 Å². The molecule has 0 radical (unpaired) electrons. The quantitative estimate of drug-likeness (QED) is 0.617. The fraction of sp³-hybridized carbons (Fsp3) is 0.571. The molecule has 1 saturated heterocycles. The van der Waals surface area contributed by atoms with E-state index in [0.29, 0.717) is 18.8 Å². The first kappa shape index (κ1) is 14.7. The fourth-order valence-corrected chi connectivity index (χ4v) is 2.52. The van der Waals surface area contributed by atoms with Gasteiger partial charge in [0, 0.05) is 43.9 Å². The van der Waals surface area contributed by atoms with E-state index in [2.05, 4.69) is 25.7 Å². The number of nitro benzene ring substituents is 1. The van der Waals surface area contributed by atoms with Gasteiger partial charge in [-0.25, -0.2) is 4.39 Å². The molecule has 1 heterocycles. The molecular formula is C14H20FN3O2. The fourth-order valence-electron chi connectivity index (χ4n) is 2.52. The molecule has 0 bridgehead atoms. The second-order valence-corrected chi connectivity index (χ2v) is 6.04. The van der Waals surface area contributed by atoms with Gasteiger partial charge in [-0.2, -0.15) is 0 Å². The number of benzene rings is 1. The molecule has 2 rings (SSSR count). The first-order valence-corrected chi connectivity index (χ1v) is 6.73. The van der Waals surface area contributed by atoms with E-state index < -0.39 is 10.7 Å². The van der Waals surface area contributed by atoms with Crippen LogP contribution in [0.4, 0.5) is 15.8 Å². The molecule has 20 heavy (non-hydrogen) atoms. The van der Waals surface area contributed by atoms with Gasteiger partial charge in [0.15, 0.2) is 0 Å². The molecule has 1 aromatic carbocycles. The summed E-state index contributed by atoms with van der Waals surface area (Å²) in [5, 5.41) is 11.0. The van der Waals surface area contributed by atoms with E-state index in [9.17, 15) is 14.5 Å². The zero-order chi connectivity index (χ0) is 14.9. The third-order valence-corrected chi connectivity index (χ3v) is 3.70. The van der Waals surface area contributed by atoms with Gasteiger partial charge in [-0.15, -0.1) is 0 Å². The third kappa shape index (κ3) is 3.07. The standard InChI is InChI=1S/C14H20FN3O2/c1-14(2,3)17-8-6-16(7-9-17)13-10-11(15)4-5-12(13)18(19)20/h4-5,10H,6-9H2,1-3H3. The topological polar surface area (TPSA) is 49.6 Å². The van der Waals surface area contributed by atoms with Gasteiger partial charge >= 0.3 is 0 Å². The Morgan fingerprint density at radius 2 is 1.80 bits per heavy atom. The molecule has 0 N–H and O–H groups in total. The molecule has 0 aliphatic carbocycles. The van der Waals surface area contributed by atoms with Gasteiger partial charge in [-0.3, -0.25) is 15.0 Å². The van der Waals surface area contributed by atoms with Crippen molar-refractivity contribution in [3.8, 4) is 0 Å². The molecule has 1 aromatic rings. The molecule has 0 saturated carbocycles. The summed E-state index contributed by atoms with van der Waals surface area (Å²) in [5.41, 5.74) is 0.430. The normalized spacial score (nSPS) is 17.3. The molecule has 0 amide bonds. The van der Waals surface area contributed by atoms with Gasteiger partial charge < -0.3 is 4.90 Å². The summed E-state index contributed by atoms with van der Waals surface area (Å²) in [6, 6.07) is 3.62. The Morgan fingerprint density at radius 3 is 2.30 bits per heavy atom. The van der Waals surface area contributed by atoms with E-state index >= 15 is 0 Å². The van der Waals surface area contributed by atoms with Crippen molar-refractivity contribution in [2.75, 3.05) is 31.1 Å². The molecule has 1 aliphatic rings. The Labute approximate surface area is 118 Å². The molecule has 0 unspecified atom stereocenters. The number of nitrogens with zero attached hydrogens (tertiary/aromatic N) is 3. The molecule has 5 nitrogen and oxygen atoms in total. The summed E-state index contributed by atoms with van der Waals surface area (Å²) in [6.07, 6.45) is 0. The van der Waals surface area contributed by atoms with Crippen LogP contribution in [0.25, 0.3) is 0 Å². The van der Waals surface area contributed by atoms with Gasteiger partial charge in [-0.05, 0) is 26.8 Å². The van der Waals surface area contributed by atoms with Crippen LogP contribution in [0.3, 0.4) is 0 Å². The molecule has 1 fully saturated rings. The van der Waals surface area contributed by atoms with Crippen molar-refractivity contribution in [2.24, 2.45) is 0 Å². The lowest BCUT2D eigenvalue weighted by molar-refractivity contribution is -0.384. The van der Waals surface area contributed by atoms with Gasteiger partial charge in [0.25, 0.3) is 5.69 Å². The largest absolute Gasteiger partial charge is 0.363 e. The van der Waals surface area contributed by atoms with Crippen molar-refractivity contribution in [2.45, 2.75) is 26.3 Å². The monoisotopic (exact) mass is 281 g/mol. The first-order valence-electron chi connectivity index (χ1n) is 6.73. The second-order valence-electron chi connectivity index (χ2n) is 6.04. The number of hydrogen-bond acceptors (Lipinski definition) is 4. The first-order chi connectivity index (χ1) is 9.29. The summed E-state index contributed by atoms with van der Waals surface area (Å²) in [5.74, 6) is -0.441. The van der Waals surface area contributed by atoms with Gasteiger partial charge in [0.2, 0.25) is 0 Å². The predicted octanol–water partition coefficient (Wildman–Crippen LogP) is 2.65. The van der Waals surface area contributed by atoms with Crippen LogP contribution < -0.4 is 4.90 Å². The maximum atomic E-state index is 13.4. The van der Waals surface area contributed by atoms with Crippen molar-refractivity contribution < 1.29 is 9.31 Å². The number of hydrogen-bond donors (Lipinski definition) is 0. The zero-order valence-electron chi connectivity index (χ0n) is 12.1. The maximum Gasteiger partial charge on any atom is 0.292 e. The Bertz CT molecular complexity index is 506. The minimum Gasteiger partial charge on any atom is -0.363 e. The van der Waals surface area contributed by atoms with Crippen molar-refractivity contribution >= 4 is 11.4 Å². The van der Waals surface area contributed by atoms with Crippen molar-refractivity contribution in [3.63, 3.8) is 0 Å². The van der Waals surface area contributed by atoms with Crippen LogP contribution in [0, 0.1) is 15.9 Å². The van der Waals surface area contributed by atoms with Gasteiger partial charge in [0.1, 0.15) is 11.5 Å². The molecule has 110 valence electrons. The maximum absolute atomic E-state index is 13.4. The Morgan fingerprint density at radius 1 is 1.20 bits per heavy atom. The summed E-state index contributed by atoms with van der Waals surface area (Å²) >= 11 is 0. The van der Waals surface area contributed by atoms with E-state index in [-0.39, 0.29) is 11.2 Å². The average molecular weight is 281 g/mol. The van der Waals surface area contributed by atoms with Crippen LogP contribution in [0.2, 0.25) is 0 Å². The Hall–Kier alpha value is -1.69. The highest BCUT2D eigenvalue weighted by Crippen LogP contribution is 2.30. The van der Waals surface area contributed by atoms with Crippen LogP contribution in [0.5, 0.6) is 0 Å². The minimum atomic E-state index is -0.453. The number of piperazine rings is 1. The van der Waals surface area contributed by atoms with Crippen molar-refractivity contribution in [1.82, 2.24) is 4.90 Å². The molecule has 0 spiro atoms. The highest BCUT2D eigenvalue weighted by atomic mass is 19.1. The highest BCUT2D eigenvalue weighted by Gasteiger charge is 2.28. The van der Waals surface area contributed by atoms with Crippen LogP contribution in [0.1, 0.15) is 20.8 Å². The molecule has 1 aliphatic heterocycles. The summed E-state index contributed by atoms with van der Waals surface area (Å²) in [7, 11) is 0. The summed E-state index contributed by atoms with van der Waals surface area (Å²) in [6.45, 7) is 9.41. The minimum absolute atomic E-state index is 0.0318. The zero-order valence-corrected chi connectivity index (χ0v) is 12.1. The Balaban J connectivity index is 2.18.